The Balaban J connectivity index is 1.96. The summed E-state index contributed by atoms with van der Waals surface area (Å²) in [7, 11) is 0. The Bertz CT molecular complexity index is 511. The lowest BCUT2D eigenvalue weighted by atomic mass is 10.0. The van der Waals surface area contributed by atoms with Gasteiger partial charge in [0.15, 0.2) is 0 Å². The lowest BCUT2D eigenvalue weighted by molar-refractivity contribution is 0.0114. The fourth-order valence-corrected chi connectivity index (χ4v) is 2.63. The first-order chi connectivity index (χ1) is 10.3. The highest BCUT2D eigenvalue weighted by Gasteiger charge is 2.30. The summed E-state index contributed by atoms with van der Waals surface area (Å²) in [6, 6.07) is 4.14. The van der Waals surface area contributed by atoms with Crippen molar-refractivity contribution in [2.75, 3.05) is 18.4 Å². The number of amides is 1. The van der Waals surface area contributed by atoms with E-state index in [0.717, 1.165) is 31.6 Å². The van der Waals surface area contributed by atoms with Crippen LogP contribution in [0.3, 0.4) is 0 Å². The number of likely N-dealkylation sites (tertiary alicyclic amines) is 1. The minimum absolute atomic E-state index is 0.158. The summed E-state index contributed by atoms with van der Waals surface area (Å²) in [6.45, 7) is 9.22. The summed E-state index contributed by atoms with van der Waals surface area (Å²) in [5.41, 5.74) is 0.718. The second-order valence-corrected chi connectivity index (χ2v) is 6.92. The van der Waals surface area contributed by atoms with Gasteiger partial charge in [-0.3, -0.25) is 0 Å². The van der Waals surface area contributed by atoms with Gasteiger partial charge in [0.05, 0.1) is 6.04 Å². The highest BCUT2D eigenvalue weighted by Crippen LogP contribution is 2.21. The van der Waals surface area contributed by atoms with Crippen LogP contribution in [0.5, 0.6) is 0 Å². The maximum atomic E-state index is 12.3. The van der Waals surface area contributed by atoms with Crippen LogP contribution in [0.1, 0.15) is 45.6 Å². The summed E-state index contributed by atoms with van der Waals surface area (Å²) in [5, 5.41) is 3.34. The largest absolute Gasteiger partial charge is 0.444 e. The van der Waals surface area contributed by atoms with Crippen molar-refractivity contribution in [3.05, 3.63) is 23.9 Å². The second kappa shape index (κ2) is 6.99. The van der Waals surface area contributed by atoms with Gasteiger partial charge in [0, 0.05) is 19.3 Å². The predicted octanol–water partition coefficient (Wildman–Crippen LogP) is 3.59. The molecule has 1 aliphatic rings. The van der Waals surface area contributed by atoms with Gasteiger partial charge in [0.2, 0.25) is 0 Å². The zero-order chi connectivity index (χ0) is 16.2. The smallest absolute Gasteiger partial charge is 0.410 e. The molecule has 2 heterocycles. The van der Waals surface area contributed by atoms with E-state index in [1.54, 1.807) is 6.20 Å². The van der Waals surface area contributed by atoms with E-state index in [-0.39, 0.29) is 12.1 Å². The van der Waals surface area contributed by atoms with E-state index in [0.29, 0.717) is 6.54 Å². The number of piperidine rings is 1. The van der Waals surface area contributed by atoms with Crippen LogP contribution in [0, 0.1) is 6.92 Å². The third-order valence-electron chi connectivity index (χ3n) is 3.69. The van der Waals surface area contributed by atoms with E-state index in [2.05, 4.69) is 10.3 Å². The molecule has 22 heavy (non-hydrogen) atoms. The van der Waals surface area contributed by atoms with Crippen molar-refractivity contribution in [3.8, 4) is 0 Å². The van der Waals surface area contributed by atoms with Crippen molar-refractivity contribution in [1.29, 1.82) is 0 Å². The number of carbonyl (C=O) groups excluding carboxylic acids is 1. The van der Waals surface area contributed by atoms with E-state index in [9.17, 15) is 4.79 Å². The monoisotopic (exact) mass is 305 g/mol. The molecule has 0 bridgehead atoms. The molecule has 1 aliphatic heterocycles. The number of pyridine rings is 1. The maximum absolute atomic E-state index is 12.3. The normalized spacial score (nSPS) is 18.9. The zero-order valence-corrected chi connectivity index (χ0v) is 14.1. The van der Waals surface area contributed by atoms with E-state index in [4.69, 9.17) is 4.74 Å². The van der Waals surface area contributed by atoms with Crippen molar-refractivity contribution in [3.63, 3.8) is 0 Å². The number of anilines is 1. The molecule has 122 valence electrons. The van der Waals surface area contributed by atoms with Gasteiger partial charge in [-0.15, -0.1) is 0 Å². The SMILES string of the molecule is Cc1ccnc(NC[C@@H]2CCCCN2C(=O)OC(C)(C)C)c1. The number of carbonyl (C=O) groups is 1. The minimum Gasteiger partial charge on any atom is -0.444 e. The Morgan fingerprint density at radius 2 is 2.23 bits per heavy atom. The van der Waals surface area contributed by atoms with Crippen molar-refractivity contribution in [2.24, 2.45) is 0 Å². The van der Waals surface area contributed by atoms with Gasteiger partial charge in [-0.25, -0.2) is 9.78 Å². The molecule has 0 radical (unpaired) electrons. The number of rotatable bonds is 3. The van der Waals surface area contributed by atoms with Gasteiger partial charge < -0.3 is 15.0 Å². The molecule has 5 heteroatoms. The number of ether oxygens (including phenoxy) is 1. The minimum atomic E-state index is -0.454. The molecule has 2 rings (SSSR count). The lowest BCUT2D eigenvalue weighted by Crippen LogP contribution is -2.48. The van der Waals surface area contributed by atoms with E-state index in [1.807, 2.05) is 44.7 Å². The summed E-state index contributed by atoms with van der Waals surface area (Å²) < 4.78 is 5.52. The third kappa shape index (κ3) is 4.90. The first-order valence-electron chi connectivity index (χ1n) is 8.01. The topological polar surface area (TPSA) is 54.5 Å². The fraction of sp³-hybridized carbons (Fsp3) is 0.647. The van der Waals surface area contributed by atoms with Crippen LogP contribution in [0.25, 0.3) is 0 Å². The Hall–Kier alpha value is -1.78. The fourth-order valence-electron chi connectivity index (χ4n) is 2.63. The Morgan fingerprint density at radius 1 is 1.45 bits per heavy atom. The predicted molar refractivity (Wildman–Crippen MR) is 88.0 cm³/mol. The van der Waals surface area contributed by atoms with Gasteiger partial charge in [-0.05, 0) is 64.7 Å². The molecule has 1 fully saturated rings. The molecule has 0 spiro atoms. The van der Waals surface area contributed by atoms with Crippen LogP contribution in [-0.4, -0.2) is 40.7 Å². The first-order valence-corrected chi connectivity index (χ1v) is 8.01. The number of aromatic nitrogens is 1. The highest BCUT2D eigenvalue weighted by molar-refractivity contribution is 5.68. The van der Waals surface area contributed by atoms with E-state index < -0.39 is 5.60 Å². The van der Waals surface area contributed by atoms with Gasteiger partial charge >= 0.3 is 6.09 Å². The quantitative estimate of drug-likeness (QED) is 0.927. The summed E-state index contributed by atoms with van der Waals surface area (Å²) in [5.74, 6) is 0.856. The molecular weight excluding hydrogens is 278 g/mol. The van der Waals surface area contributed by atoms with Gasteiger partial charge in [0.1, 0.15) is 11.4 Å². The lowest BCUT2D eigenvalue weighted by Gasteiger charge is -2.36. The van der Waals surface area contributed by atoms with Crippen LogP contribution >= 0.6 is 0 Å². The first kappa shape index (κ1) is 16.6. The van der Waals surface area contributed by atoms with Crippen molar-refractivity contribution in [1.82, 2.24) is 9.88 Å². The average molecular weight is 305 g/mol. The van der Waals surface area contributed by atoms with Crippen LogP contribution < -0.4 is 5.32 Å². The molecule has 0 aromatic carbocycles. The molecular formula is C17H27N3O2. The van der Waals surface area contributed by atoms with Crippen LogP contribution in [0.4, 0.5) is 10.6 Å². The van der Waals surface area contributed by atoms with Crippen LogP contribution in [-0.2, 0) is 4.74 Å². The number of aryl methyl sites for hydroxylation is 1. The molecule has 0 saturated carbocycles. The average Bonchev–Trinajstić information content (AvgIpc) is 2.44. The molecule has 1 atom stereocenters. The number of nitrogens with one attached hydrogen (secondary N) is 1. The number of hydrogen-bond acceptors (Lipinski definition) is 4. The Morgan fingerprint density at radius 3 is 2.91 bits per heavy atom. The molecule has 0 unspecified atom stereocenters. The molecule has 1 aromatic rings. The molecule has 5 nitrogen and oxygen atoms in total. The van der Waals surface area contributed by atoms with Crippen molar-refractivity contribution in [2.45, 2.75) is 58.6 Å². The van der Waals surface area contributed by atoms with Crippen LogP contribution in [0.2, 0.25) is 0 Å². The third-order valence-corrected chi connectivity index (χ3v) is 3.69. The summed E-state index contributed by atoms with van der Waals surface area (Å²) in [4.78, 5) is 18.5. The summed E-state index contributed by atoms with van der Waals surface area (Å²) in [6.07, 6.45) is 4.77. The second-order valence-electron chi connectivity index (χ2n) is 6.92. The van der Waals surface area contributed by atoms with E-state index in [1.165, 1.54) is 5.56 Å². The van der Waals surface area contributed by atoms with Gasteiger partial charge in [0.25, 0.3) is 0 Å². The summed E-state index contributed by atoms with van der Waals surface area (Å²) >= 11 is 0. The molecule has 1 aromatic heterocycles. The van der Waals surface area contributed by atoms with Gasteiger partial charge in [-0.1, -0.05) is 0 Å². The Labute approximate surface area is 133 Å². The molecule has 0 aliphatic carbocycles. The highest BCUT2D eigenvalue weighted by atomic mass is 16.6. The zero-order valence-electron chi connectivity index (χ0n) is 14.1. The van der Waals surface area contributed by atoms with Crippen molar-refractivity contribution >= 4 is 11.9 Å². The standard InChI is InChI=1S/C17H27N3O2/c1-13-8-9-18-15(11-13)19-12-14-7-5-6-10-20(14)16(21)22-17(2,3)4/h8-9,11,14H,5-7,10,12H2,1-4H3,(H,18,19)/t14-/m0/s1. The molecule has 1 amide bonds. The Kier molecular flexibility index (Phi) is 5.27. The van der Waals surface area contributed by atoms with Gasteiger partial charge in [-0.2, -0.15) is 0 Å². The number of hydrogen-bond donors (Lipinski definition) is 1. The maximum Gasteiger partial charge on any atom is 0.410 e. The number of nitrogens with zero attached hydrogens (tertiary/aromatic N) is 2. The molecule has 1 saturated heterocycles. The van der Waals surface area contributed by atoms with E-state index >= 15 is 0 Å². The molecule has 1 N–H and O–H groups in total. The van der Waals surface area contributed by atoms with Crippen molar-refractivity contribution < 1.29 is 9.53 Å². The van der Waals surface area contributed by atoms with Crippen LogP contribution in [0.15, 0.2) is 18.3 Å².